The van der Waals surface area contributed by atoms with Crippen LogP contribution in [0, 0.1) is 5.41 Å². The van der Waals surface area contributed by atoms with Gasteiger partial charge in [0.25, 0.3) is 0 Å². The van der Waals surface area contributed by atoms with Gasteiger partial charge in [-0.05, 0) is 17.9 Å². The van der Waals surface area contributed by atoms with Crippen molar-refractivity contribution in [3.05, 3.63) is 35.9 Å². The number of morpholine rings is 1. The summed E-state index contributed by atoms with van der Waals surface area (Å²) in [4.78, 5) is 12.1. The normalized spacial score (nSPS) is 28.9. The van der Waals surface area contributed by atoms with Crippen molar-refractivity contribution in [2.75, 3.05) is 6.61 Å². The van der Waals surface area contributed by atoms with E-state index in [0.717, 1.165) is 5.56 Å². The van der Waals surface area contributed by atoms with Crippen molar-refractivity contribution in [1.29, 1.82) is 0 Å². The maximum absolute atomic E-state index is 12.1. The van der Waals surface area contributed by atoms with Crippen LogP contribution in [0.1, 0.15) is 39.3 Å². The van der Waals surface area contributed by atoms with Gasteiger partial charge in [0.2, 0.25) is 0 Å². The highest BCUT2D eigenvalue weighted by Gasteiger charge is 2.49. The topological polar surface area (TPSA) is 38.3 Å². The maximum Gasteiger partial charge on any atom is 0.326 e. The summed E-state index contributed by atoms with van der Waals surface area (Å²) in [7, 11) is 0. The Morgan fingerprint density at radius 1 is 1.28 bits per heavy atom. The zero-order valence-electron chi connectivity index (χ0n) is 11.5. The van der Waals surface area contributed by atoms with Crippen LogP contribution < -0.4 is 5.32 Å². The molecular weight excluding hydrogens is 226 g/mol. The van der Waals surface area contributed by atoms with E-state index in [1.807, 2.05) is 25.1 Å². The number of cyclic esters (lactones) is 1. The Balaban J connectivity index is 2.27. The van der Waals surface area contributed by atoms with Crippen molar-refractivity contribution in [2.45, 2.75) is 39.3 Å². The lowest BCUT2D eigenvalue weighted by molar-refractivity contribution is -0.164. The van der Waals surface area contributed by atoms with Crippen molar-refractivity contribution < 1.29 is 9.53 Å². The number of benzene rings is 1. The van der Waals surface area contributed by atoms with Gasteiger partial charge in [-0.1, -0.05) is 51.1 Å². The Morgan fingerprint density at radius 3 is 2.44 bits per heavy atom. The average Bonchev–Trinajstić information content (AvgIpc) is 2.32. The molecule has 3 heteroatoms. The van der Waals surface area contributed by atoms with Crippen molar-refractivity contribution >= 4 is 5.97 Å². The third-order valence-corrected chi connectivity index (χ3v) is 3.95. The SMILES string of the molecule is CC(C)(C)C1(C)NC(c2ccccc2)COC1=O. The Hall–Kier alpha value is -1.35. The molecule has 1 saturated heterocycles. The number of carbonyl (C=O) groups is 1. The molecule has 1 aliphatic heterocycles. The summed E-state index contributed by atoms with van der Waals surface area (Å²) in [6.45, 7) is 8.47. The molecule has 98 valence electrons. The van der Waals surface area contributed by atoms with Crippen molar-refractivity contribution in [3.8, 4) is 0 Å². The second kappa shape index (κ2) is 4.39. The molecular formula is C15H21NO2. The summed E-state index contributed by atoms with van der Waals surface area (Å²) < 4.78 is 5.39. The van der Waals surface area contributed by atoms with Crippen LogP contribution in [0.15, 0.2) is 30.3 Å². The molecule has 0 radical (unpaired) electrons. The van der Waals surface area contributed by atoms with Gasteiger partial charge in [0.1, 0.15) is 12.1 Å². The average molecular weight is 247 g/mol. The van der Waals surface area contributed by atoms with Gasteiger partial charge in [0.15, 0.2) is 0 Å². The standard InChI is InChI=1S/C15H21NO2/c1-14(2,3)15(4)13(17)18-10-12(16-15)11-8-6-5-7-9-11/h5-9,12,16H,10H2,1-4H3. The molecule has 0 aliphatic carbocycles. The van der Waals surface area contributed by atoms with E-state index in [4.69, 9.17) is 4.74 Å². The van der Waals surface area contributed by atoms with Gasteiger partial charge in [-0.25, -0.2) is 0 Å². The van der Waals surface area contributed by atoms with E-state index < -0.39 is 5.54 Å². The zero-order chi connectivity index (χ0) is 13.4. The zero-order valence-corrected chi connectivity index (χ0v) is 11.5. The van der Waals surface area contributed by atoms with Crippen molar-refractivity contribution in [1.82, 2.24) is 5.32 Å². The first-order valence-electron chi connectivity index (χ1n) is 6.34. The van der Waals surface area contributed by atoms with Crippen LogP contribution in [0.25, 0.3) is 0 Å². The number of esters is 1. The third-order valence-electron chi connectivity index (χ3n) is 3.95. The molecule has 0 aromatic heterocycles. The molecule has 2 atom stereocenters. The molecule has 2 unspecified atom stereocenters. The molecule has 3 nitrogen and oxygen atoms in total. The largest absolute Gasteiger partial charge is 0.462 e. The molecule has 1 heterocycles. The lowest BCUT2D eigenvalue weighted by Gasteiger charge is -2.46. The number of carbonyl (C=O) groups excluding carboxylic acids is 1. The summed E-state index contributed by atoms with van der Waals surface area (Å²) in [6, 6.07) is 10.2. The molecule has 0 amide bonds. The van der Waals surface area contributed by atoms with Gasteiger partial charge in [-0.3, -0.25) is 10.1 Å². The number of rotatable bonds is 1. The first-order chi connectivity index (χ1) is 8.34. The van der Waals surface area contributed by atoms with Crippen molar-refractivity contribution in [3.63, 3.8) is 0 Å². The van der Waals surface area contributed by atoms with E-state index in [1.54, 1.807) is 0 Å². The molecule has 2 rings (SSSR count). The molecule has 0 bridgehead atoms. The Labute approximate surface area is 109 Å². The van der Waals surface area contributed by atoms with Crippen LogP contribution in [-0.2, 0) is 9.53 Å². The fraction of sp³-hybridized carbons (Fsp3) is 0.533. The molecule has 1 aromatic rings. The van der Waals surface area contributed by atoms with Gasteiger partial charge in [0.05, 0.1) is 6.04 Å². The van der Waals surface area contributed by atoms with Crippen LogP contribution in [0.5, 0.6) is 0 Å². The van der Waals surface area contributed by atoms with Crippen LogP contribution in [0.2, 0.25) is 0 Å². The summed E-state index contributed by atoms with van der Waals surface area (Å²) in [5, 5.41) is 3.46. The summed E-state index contributed by atoms with van der Waals surface area (Å²) in [5.41, 5.74) is 0.295. The quantitative estimate of drug-likeness (QED) is 0.775. The van der Waals surface area contributed by atoms with E-state index in [2.05, 4.69) is 38.2 Å². The highest BCUT2D eigenvalue weighted by atomic mass is 16.5. The molecule has 1 aromatic carbocycles. The van der Waals surface area contributed by atoms with E-state index in [1.165, 1.54) is 0 Å². The van der Waals surface area contributed by atoms with Gasteiger partial charge < -0.3 is 4.74 Å². The summed E-state index contributed by atoms with van der Waals surface area (Å²) in [6.07, 6.45) is 0. The molecule has 1 fully saturated rings. The second-order valence-electron chi connectivity index (χ2n) is 6.08. The Kier molecular flexibility index (Phi) is 3.20. The van der Waals surface area contributed by atoms with Gasteiger partial charge >= 0.3 is 5.97 Å². The predicted molar refractivity (Wildman–Crippen MR) is 71.1 cm³/mol. The summed E-state index contributed by atoms with van der Waals surface area (Å²) >= 11 is 0. The smallest absolute Gasteiger partial charge is 0.326 e. The number of nitrogens with one attached hydrogen (secondary N) is 1. The molecule has 1 N–H and O–H groups in total. The molecule has 1 aliphatic rings. The second-order valence-corrected chi connectivity index (χ2v) is 6.08. The van der Waals surface area contributed by atoms with E-state index >= 15 is 0 Å². The lowest BCUT2D eigenvalue weighted by atomic mass is 9.73. The van der Waals surface area contributed by atoms with Gasteiger partial charge in [-0.2, -0.15) is 0 Å². The predicted octanol–water partition coefficient (Wildman–Crippen LogP) is 2.68. The van der Waals surface area contributed by atoms with Crippen LogP contribution >= 0.6 is 0 Å². The number of hydrogen-bond donors (Lipinski definition) is 1. The monoisotopic (exact) mass is 247 g/mol. The van der Waals surface area contributed by atoms with Gasteiger partial charge in [0, 0.05) is 0 Å². The number of hydrogen-bond acceptors (Lipinski definition) is 3. The first kappa shape index (κ1) is 13.1. The fourth-order valence-electron chi connectivity index (χ4n) is 2.14. The first-order valence-corrected chi connectivity index (χ1v) is 6.34. The highest BCUT2D eigenvalue weighted by molar-refractivity contribution is 5.82. The minimum Gasteiger partial charge on any atom is -0.462 e. The summed E-state index contributed by atoms with van der Waals surface area (Å²) in [5.74, 6) is -0.165. The highest BCUT2D eigenvalue weighted by Crippen LogP contribution is 2.36. The minimum atomic E-state index is -0.661. The fourth-order valence-corrected chi connectivity index (χ4v) is 2.14. The van der Waals surface area contributed by atoms with E-state index in [9.17, 15) is 4.79 Å². The Morgan fingerprint density at radius 2 is 1.89 bits per heavy atom. The Bertz CT molecular complexity index is 436. The molecule has 18 heavy (non-hydrogen) atoms. The maximum atomic E-state index is 12.1. The van der Waals surface area contributed by atoms with Crippen LogP contribution in [0.4, 0.5) is 0 Å². The van der Waals surface area contributed by atoms with Crippen LogP contribution in [-0.4, -0.2) is 18.1 Å². The molecule has 0 spiro atoms. The van der Waals surface area contributed by atoms with Gasteiger partial charge in [-0.15, -0.1) is 0 Å². The minimum absolute atomic E-state index is 0.0631. The van der Waals surface area contributed by atoms with Crippen LogP contribution in [0.3, 0.4) is 0 Å². The van der Waals surface area contributed by atoms with Crippen molar-refractivity contribution in [2.24, 2.45) is 5.41 Å². The molecule has 0 saturated carbocycles. The van der Waals surface area contributed by atoms with E-state index in [-0.39, 0.29) is 17.4 Å². The number of ether oxygens (including phenoxy) is 1. The van der Waals surface area contributed by atoms with E-state index in [0.29, 0.717) is 6.61 Å². The lowest BCUT2D eigenvalue weighted by Crippen LogP contribution is -2.63. The third kappa shape index (κ3) is 2.15.